The van der Waals surface area contributed by atoms with Crippen LogP contribution in [-0.4, -0.2) is 16.2 Å². The van der Waals surface area contributed by atoms with Crippen LogP contribution in [0.1, 0.15) is 74.6 Å². The van der Waals surface area contributed by atoms with Gasteiger partial charge in [-0.25, -0.2) is 5.43 Å². The molecule has 1 N–H and O–H groups in total. The molecule has 1 heterocycles. The molecule has 36 heavy (non-hydrogen) atoms. The van der Waals surface area contributed by atoms with Crippen LogP contribution >= 0.6 is 0 Å². The quantitative estimate of drug-likeness (QED) is 0.206. The van der Waals surface area contributed by atoms with Crippen molar-refractivity contribution >= 4 is 33.4 Å². The van der Waals surface area contributed by atoms with Gasteiger partial charge in [-0.3, -0.25) is 4.79 Å². The van der Waals surface area contributed by atoms with Crippen LogP contribution in [0, 0.1) is 12.8 Å². The number of amides is 1. The largest absolute Gasteiger partial charge is 0.341 e. The molecule has 0 atom stereocenters. The number of carbonyl (C=O) groups excluding carboxylic acids is 1. The van der Waals surface area contributed by atoms with Gasteiger partial charge >= 0.3 is 0 Å². The average Bonchev–Trinajstić information content (AvgIpc) is 3.51. The predicted octanol–water partition coefficient (Wildman–Crippen LogP) is 7.52. The Bertz CT molecular complexity index is 1420. The van der Waals surface area contributed by atoms with E-state index in [-0.39, 0.29) is 5.91 Å². The maximum atomic E-state index is 11.7. The van der Waals surface area contributed by atoms with Gasteiger partial charge in [0, 0.05) is 35.3 Å². The fraction of sp³-hybridized carbons (Fsp3) is 0.375. The molecule has 1 fully saturated rings. The normalized spacial score (nSPS) is 14.7. The van der Waals surface area contributed by atoms with Crippen LogP contribution in [0.4, 0.5) is 0 Å². The molecule has 4 nitrogen and oxygen atoms in total. The van der Waals surface area contributed by atoms with Crippen molar-refractivity contribution in [3.05, 3.63) is 82.9 Å². The van der Waals surface area contributed by atoms with Crippen LogP contribution in [-0.2, 0) is 17.8 Å². The fourth-order valence-corrected chi connectivity index (χ4v) is 5.86. The third-order valence-electron chi connectivity index (χ3n) is 7.85. The highest BCUT2D eigenvalue weighted by molar-refractivity contribution is 6.12. The van der Waals surface area contributed by atoms with Gasteiger partial charge in [0.25, 0.3) is 0 Å². The molecule has 0 radical (unpaired) electrons. The Kier molecular flexibility index (Phi) is 7.22. The van der Waals surface area contributed by atoms with E-state index in [1.165, 1.54) is 71.1 Å². The minimum Gasteiger partial charge on any atom is -0.341 e. The van der Waals surface area contributed by atoms with E-state index in [4.69, 9.17) is 0 Å². The van der Waals surface area contributed by atoms with E-state index in [2.05, 4.69) is 89.6 Å². The predicted molar refractivity (Wildman–Crippen MR) is 151 cm³/mol. The van der Waals surface area contributed by atoms with Crippen LogP contribution < -0.4 is 5.43 Å². The lowest BCUT2D eigenvalue weighted by Crippen LogP contribution is -2.17. The molecule has 0 aliphatic heterocycles. The van der Waals surface area contributed by atoms with E-state index < -0.39 is 0 Å². The molecule has 3 aromatic carbocycles. The van der Waals surface area contributed by atoms with E-state index in [1.54, 1.807) is 0 Å². The second kappa shape index (κ2) is 10.7. The van der Waals surface area contributed by atoms with Gasteiger partial charge in [0.2, 0.25) is 5.91 Å². The molecular weight excluding hydrogens is 442 g/mol. The molecule has 0 saturated heterocycles. The van der Waals surface area contributed by atoms with Gasteiger partial charge in [-0.2, -0.15) is 5.10 Å². The van der Waals surface area contributed by atoms with E-state index in [0.717, 1.165) is 43.0 Å². The highest BCUT2D eigenvalue weighted by Gasteiger charge is 2.18. The van der Waals surface area contributed by atoms with Crippen molar-refractivity contribution in [2.45, 2.75) is 72.3 Å². The zero-order valence-electron chi connectivity index (χ0n) is 21.8. The third kappa shape index (κ3) is 5.09. The number of hydrogen-bond donors (Lipinski definition) is 1. The van der Waals surface area contributed by atoms with Crippen molar-refractivity contribution in [1.82, 2.24) is 9.99 Å². The minimum atomic E-state index is -0.127. The molecule has 1 aliphatic carbocycles. The van der Waals surface area contributed by atoms with Crippen LogP contribution in [0.3, 0.4) is 0 Å². The van der Waals surface area contributed by atoms with Crippen LogP contribution in [0.5, 0.6) is 0 Å². The number of carbonyl (C=O) groups is 1. The first-order valence-corrected chi connectivity index (χ1v) is 13.5. The van der Waals surface area contributed by atoms with E-state index in [0.29, 0.717) is 0 Å². The number of hydrazone groups is 1. The van der Waals surface area contributed by atoms with E-state index >= 15 is 0 Å². The number of hydrogen-bond acceptors (Lipinski definition) is 2. The van der Waals surface area contributed by atoms with Gasteiger partial charge in [0.1, 0.15) is 0 Å². The van der Waals surface area contributed by atoms with Gasteiger partial charge < -0.3 is 4.57 Å². The summed E-state index contributed by atoms with van der Waals surface area (Å²) in [4.78, 5) is 11.7. The minimum absolute atomic E-state index is 0.127. The molecule has 0 spiro atoms. The van der Waals surface area contributed by atoms with Crippen molar-refractivity contribution in [1.29, 1.82) is 0 Å². The van der Waals surface area contributed by atoms with Crippen LogP contribution in [0.25, 0.3) is 21.8 Å². The van der Waals surface area contributed by atoms with Gasteiger partial charge in [0.15, 0.2) is 0 Å². The summed E-state index contributed by atoms with van der Waals surface area (Å²) in [5, 5.41) is 7.11. The lowest BCUT2D eigenvalue weighted by molar-refractivity contribution is -0.118. The Morgan fingerprint density at radius 1 is 1.00 bits per heavy atom. The zero-order chi connectivity index (χ0) is 25.1. The first-order valence-electron chi connectivity index (χ1n) is 13.5. The number of aromatic nitrogens is 1. The van der Waals surface area contributed by atoms with Crippen LogP contribution in [0.2, 0.25) is 0 Å². The molecule has 1 saturated carbocycles. The molecule has 0 bridgehead atoms. The first kappa shape index (κ1) is 24.3. The SMILES string of the molecule is CCn1c2ccc(Cc3ccccc3C)cc2c2cc(C(CCC3CCCC3)=NNC(C)=O)ccc21. The van der Waals surface area contributed by atoms with Gasteiger partial charge in [-0.15, -0.1) is 0 Å². The number of fused-ring (bicyclic) bond motifs is 3. The second-order valence-corrected chi connectivity index (χ2v) is 10.3. The molecule has 4 heteroatoms. The molecule has 1 aromatic heterocycles. The average molecular weight is 480 g/mol. The molecule has 1 aliphatic rings. The summed E-state index contributed by atoms with van der Waals surface area (Å²) in [6, 6.07) is 22.2. The Balaban J connectivity index is 1.55. The Hall–Kier alpha value is -3.40. The summed E-state index contributed by atoms with van der Waals surface area (Å²) in [5.41, 5.74) is 11.3. The molecule has 5 rings (SSSR count). The number of nitrogens with zero attached hydrogens (tertiary/aromatic N) is 2. The molecule has 186 valence electrons. The summed E-state index contributed by atoms with van der Waals surface area (Å²) in [5.74, 6) is 0.653. The van der Waals surface area contributed by atoms with Crippen molar-refractivity contribution < 1.29 is 4.79 Å². The topological polar surface area (TPSA) is 46.4 Å². The Morgan fingerprint density at radius 2 is 1.72 bits per heavy atom. The van der Waals surface area contributed by atoms with Crippen molar-refractivity contribution in [2.24, 2.45) is 11.0 Å². The monoisotopic (exact) mass is 479 g/mol. The molecule has 1 amide bonds. The number of benzene rings is 3. The smallest absolute Gasteiger partial charge is 0.236 e. The summed E-state index contributed by atoms with van der Waals surface area (Å²) in [6.45, 7) is 6.83. The van der Waals surface area contributed by atoms with Crippen molar-refractivity contribution in [3.63, 3.8) is 0 Å². The van der Waals surface area contributed by atoms with Gasteiger partial charge in [-0.1, -0.05) is 62.1 Å². The van der Waals surface area contributed by atoms with Gasteiger partial charge in [0.05, 0.1) is 5.71 Å². The highest BCUT2D eigenvalue weighted by atomic mass is 16.2. The Morgan fingerprint density at radius 3 is 2.44 bits per heavy atom. The fourth-order valence-electron chi connectivity index (χ4n) is 5.86. The Labute approximate surface area is 214 Å². The van der Waals surface area contributed by atoms with E-state index in [9.17, 15) is 4.79 Å². The first-order chi connectivity index (χ1) is 17.5. The summed E-state index contributed by atoms with van der Waals surface area (Å²) < 4.78 is 2.40. The molecular formula is C32H37N3O. The van der Waals surface area contributed by atoms with Crippen LogP contribution in [0.15, 0.2) is 65.8 Å². The summed E-state index contributed by atoms with van der Waals surface area (Å²) in [7, 11) is 0. The van der Waals surface area contributed by atoms with Crippen molar-refractivity contribution in [2.75, 3.05) is 0 Å². The number of nitrogens with one attached hydrogen (secondary N) is 1. The lowest BCUT2D eigenvalue weighted by atomic mass is 9.96. The third-order valence-corrected chi connectivity index (χ3v) is 7.85. The lowest BCUT2D eigenvalue weighted by Gasteiger charge is -2.12. The number of rotatable bonds is 8. The van der Waals surface area contributed by atoms with Gasteiger partial charge in [-0.05, 0) is 85.5 Å². The van der Waals surface area contributed by atoms with Crippen molar-refractivity contribution in [3.8, 4) is 0 Å². The molecule has 4 aromatic rings. The number of aryl methyl sites for hydroxylation is 2. The summed E-state index contributed by atoms with van der Waals surface area (Å²) >= 11 is 0. The second-order valence-electron chi connectivity index (χ2n) is 10.3. The maximum Gasteiger partial charge on any atom is 0.236 e. The van der Waals surface area contributed by atoms with E-state index in [1.807, 2.05) is 0 Å². The maximum absolute atomic E-state index is 11.7. The highest BCUT2D eigenvalue weighted by Crippen LogP contribution is 2.33. The summed E-state index contributed by atoms with van der Waals surface area (Å²) in [6.07, 6.45) is 8.28. The molecule has 0 unspecified atom stereocenters. The standard InChI is InChI=1S/C32H37N3O/c1-4-35-31-17-14-25(19-26-12-8-5-9-22(26)2)20-28(31)29-21-27(15-18-32(29)35)30(34-33-23(3)36)16-13-24-10-6-7-11-24/h5,8-9,12,14-15,17-18,20-21,24H,4,6-7,10-11,13,16,19H2,1-3H3,(H,33,36). The zero-order valence-corrected chi connectivity index (χ0v) is 21.8.